The Hall–Kier alpha value is -2.10. The minimum atomic E-state index is -0.329. The standard InChI is InChI=1S/C16H20N2O2/c1-3-5-10-17-15-13(16(19)20-4-2)11-12-8-6-7-9-14(12)18-15/h6-9,11H,3-5,10H2,1-2H3,(H,17,18). The fourth-order valence-electron chi connectivity index (χ4n) is 2.00. The van der Waals surface area contributed by atoms with Gasteiger partial charge >= 0.3 is 5.97 Å². The molecule has 1 heterocycles. The number of carbonyl (C=O) groups excluding carboxylic acids is 1. The predicted octanol–water partition coefficient (Wildman–Crippen LogP) is 3.62. The lowest BCUT2D eigenvalue weighted by molar-refractivity contribution is 0.0527. The molecule has 0 unspecified atom stereocenters. The first-order chi connectivity index (χ1) is 9.76. The molecule has 0 fully saturated rings. The lowest BCUT2D eigenvalue weighted by atomic mass is 10.1. The van der Waals surface area contributed by atoms with Gasteiger partial charge in [-0.3, -0.25) is 0 Å². The summed E-state index contributed by atoms with van der Waals surface area (Å²) in [5.74, 6) is 0.278. The Morgan fingerprint density at radius 1 is 1.30 bits per heavy atom. The normalized spacial score (nSPS) is 10.5. The summed E-state index contributed by atoms with van der Waals surface area (Å²) >= 11 is 0. The lowest BCUT2D eigenvalue weighted by Crippen LogP contribution is -2.12. The molecule has 0 saturated heterocycles. The Morgan fingerprint density at radius 3 is 2.85 bits per heavy atom. The Labute approximate surface area is 119 Å². The van der Waals surface area contributed by atoms with Crippen molar-refractivity contribution in [3.05, 3.63) is 35.9 Å². The average molecular weight is 272 g/mol. The van der Waals surface area contributed by atoms with Gasteiger partial charge in [0.05, 0.1) is 12.1 Å². The van der Waals surface area contributed by atoms with Crippen molar-refractivity contribution >= 4 is 22.7 Å². The number of hydrogen-bond donors (Lipinski definition) is 1. The molecule has 4 heteroatoms. The summed E-state index contributed by atoms with van der Waals surface area (Å²) < 4.78 is 5.10. The maximum absolute atomic E-state index is 12.0. The molecular weight excluding hydrogens is 252 g/mol. The highest BCUT2D eigenvalue weighted by Crippen LogP contribution is 2.21. The van der Waals surface area contributed by atoms with Crippen LogP contribution in [-0.2, 0) is 4.74 Å². The number of hydrogen-bond acceptors (Lipinski definition) is 4. The van der Waals surface area contributed by atoms with E-state index in [0.29, 0.717) is 18.0 Å². The van der Waals surface area contributed by atoms with E-state index in [-0.39, 0.29) is 5.97 Å². The quantitative estimate of drug-likeness (QED) is 0.644. The summed E-state index contributed by atoms with van der Waals surface area (Å²) in [6, 6.07) is 9.60. The molecule has 20 heavy (non-hydrogen) atoms. The van der Waals surface area contributed by atoms with Crippen molar-refractivity contribution < 1.29 is 9.53 Å². The highest BCUT2D eigenvalue weighted by Gasteiger charge is 2.15. The molecule has 0 saturated carbocycles. The van der Waals surface area contributed by atoms with Gasteiger partial charge in [-0.05, 0) is 25.5 Å². The first kappa shape index (κ1) is 14.3. The van der Waals surface area contributed by atoms with Crippen molar-refractivity contribution in [2.75, 3.05) is 18.5 Å². The maximum Gasteiger partial charge on any atom is 0.341 e. The van der Waals surface area contributed by atoms with E-state index in [0.717, 1.165) is 30.3 Å². The van der Waals surface area contributed by atoms with Crippen LogP contribution in [0.3, 0.4) is 0 Å². The second-order valence-corrected chi connectivity index (χ2v) is 4.58. The number of ether oxygens (including phenoxy) is 1. The number of unbranched alkanes of at least 4 members (excludes halogenated alkanes) is 1. The van der Waals surface area contributed by atoms with Crippen LogP contribution in [-0.4, -0.2) is 24.1 Å². The summed E-state index contributed by atoms with van der Waals surface area (Å²) in [5, 5.41) is 4.17. The van der Waals surface area contributed by atoms with E-state index in [1.807, 2.05) is 30.3 Å². The van der Waals surface area contributed by atoms with Crippen molar-refractivity contribution in [3.63, 3.8) is 0 Å². The monoisotopic (exact) mass is 272 g/mol. The van der Waals surface area contributed by atoms with E-state index in [4.69, 9.17) is 4.74 Å². The van der Waals surface area contributed by atoms with E-state index in [1.54, 1.807) is 6.92 Å². The number of nitrogens with one attached hydrogen (secondary N) is 1. The van der Waals surface area contributed by atoms with Crippen molar-refractivity contribution in [1.82, 2.24) is 4.98 Å². The zero-order valence-corrected chi connectivity index (χ0v) is 12.0. The van der Waals surface area contributed by atoms with E-state index in [1.165, 1.54) is 0 Å². The van der Waals surface area contributed by atoms with Gasteiger partial charge in [-0.15, -0.1) is 0 Å². The number of benzene rings is 1. The molecule has 0 atom stereocenters. The number of rotatable bonds is 6. The topological polar surface area (TPSA) is 51.2 Å². The third-order valence-corrected chi connectivity index (χ3v) is 3.04. The smallest absolute Gasteiger partial charge is 0.341 e. The van der Waals surface area contributed by atoms with Crippen molar-refractivity contribution in [3.8, 4) is 0 Å². The highest BCUT2D eigenvalue weighted by molar-refractivity contribution is 5.99. The molecule has 0 bridgehead atoms. The molecule has 4 nitrogen and oxygen atoms in total. The van der Waals surface area contributed by atoms with Crippen LogP contribution >= 0.6 is 0 Å². The fraction of sp³-hybridized carbons (Fsp3) is 0.375. The molecule has 2 rings (SSSR count). The van der Waals surface area contributed by atoms with Crippen LogP contribution in [0.5, 0.6) is 0 Å². The van der Waals surface area contributed by atoms with Crippen molar-refractivity contribution in [2.45, 2.75) is 26.7 Å². The van der Waals surface area contributed by atoms with Gasteiger partial charge in [-0.1, -0.05) is 31.5 Å². The number of carbonyl (C=O) groups is 1. The zero-order chi connectivity index (χ0) is 14.4. The Kier molecular flexibility index (Phi) is 4.93. The Bertz CT molecular complexity index is 596. The first-order valence-corrected chi connectivity index (χ1v) is 7.07. The van der Waals surface area contributed by atoms with Gasteiger partial charge in [0.2, 0.25) is 0 Å². The van der Waals surface area contributed by atoms with Gasteiger partial charge < -0.3 is 10.1 Å². The predicted molar refractivity (Wildman–Crippen MR) is 81.1 cm³/mol. The molecule has 0 spiro atoms. The molecule has 106 valence electrons. The zero-order valence-electron chi connectivity index (χ0n) is 12.0. The maximum atomic E-state index is 12.0. The number of anilines is 1. The molecule has 0 amide bonds. The number of fused-ring (bicyclic) bond motifs is 1. The van der Waals surface area contributed by atoms with Gasteiger partial charge in [0.25, 0.3) is 0 Å². The lowest BCUT2D eigenvalue weighted by Gasteiger charge is -2.11. The minimum absolute atomic E-state index is 0.329. The average Bonchev–Trinajstić information content (AvgIpc) is 2.47. The molecule has 0 radical (unpaired) electrons. The van der Waals surface area contributed by atoms with Crippen LogP contribution in [0.1, 0.15) is 37.0 Å². The fourth-order valence-corrected chi connectivity index (χ4v) is 2.00. The molecule has 0 aliphatic heterocycles. The summed E-state index contributed by atoms with van der Waals surface area (Å²) in [6.07, 6.45) is 2.13. The first-order valence-electron chi connectivity index (χ1n) is 7.07. The Morgan fingerprint density at radius 2 is 2.10 bits per heavy atom. The van der Waals surface area contributed by atoms with Gasteiger partial charge in [0.15, 0.2) is 0 Å². The summed E-state index contributed by atoms with van der Waals surface area (Å²) in [6.45, 7) is 5.09. The summed E-state index contributed by atoms with van der Waals surface area (Å²) in [4.78, 5) is 16.6. The molecule has 0 aliphatic rings. The van der Waals surface area contributed by atoms with E-state index in [2.05, 4.69) is 17.2 Å². The van der Waals surface area contributed by atoms with Crippen LogP contribution in [0, 0.1) is 0 Å². The molecule has 1 aromatic heterocycles. The molecule has 1 aromatic carbocycles. The number of aromatic nitrogens is 1. The third-order valence-electron chi connectivity index (χ3n) is 3.04. The van der Waals surface area contributed by atoms with Gasteiger partial charge in [0, 0.05) is 11.9 Å². The number of para-hydroxylation sites is 1. The van der Waals surface area contributed by atoms with E-state index in [9.17, 15) is 4.79 Å². The molecule has 2 aromatic rings. The van der Waals surface area contributed by atoms with Crippen LogP contribution < -0.4 is 5.32 Å². The van der Waals surface area contributed by atoms with E-state index >= 15 is 0 Å². The summed E-state index contributed by atoms with van der Waals surface area (Å²) in [5.41, 5.74) is 1.38. The summed E-state index contributed by atoms with van der Waals surface area (Å²) in [7, 11) is 0. The molecule has 1 N–H and O–H groups in total. The van der Waals surface area contributed by atoms with Gasteiger partial charge in [0.1, 0.15) is 11.4 Å². The van der Waals surface area contributed by atoms with Gasteiger partial charge in [-0.2, -0.15) is 0 Å². The van der Waals surface area contributed by atoms with Crippen molar-refractivity contribution in [1.29, 1.82) is 0 Å². The number of nitrogens with zero attached hydrogens (tertiary/aromatic N) is 1. The SMILES string of the molecule is CCCCNc1nc2ccccc2cc1C(=O)OCC. The Balaban J connectivity index is 2.38. The van der Waals surface area contributed by atoms with E-state index < -0.39 is 0 Å². The highest BCUT2D eigenvalue weighted by atomic mass is 16.5. The minimum Gasteiger partial charge on any atom is -0.462 e. The largest absolute Gasteiger partial charge is 0.462 e. The van der Waals surface area contributed by atoms with Crippen LogP contribution in [0.15, 0.2) is 30.3 Å². The third kappa shape index (κ3) is 3.26. The molecule has 0 aliphatic carbocycles. The van der Waals surface area contributed by atoms with Crippen molar-refractivity contribution in [2.24, 2.45) is 0 Å². The van der Waals surface area contributed by atoms with Crippen LogP contribution in [0.2, 0.25) is 0 Å². The number of pyridine rings is 1. The second-order valence-electron chi connectivity index (χ2n) is 4.58. The van der Waals surface area contributed by atoms with Crippen LogP contribution in [0.25, 0.3) is 10.9 Å². The number of esters is 1. The van der Waals surface area contributed by atoms with Crippen LogP contribution in [0.4, 0.5) is 5.82 Å². The van der Waals surface area contributed by atoms with Gasteiger partial charge in [-0.25, -0.2) is 9.78 Å². The second kappa shape index (κ2) is 6.89. The molecular formula is C16H20N2O2.